The standard InChI is InChI=1S/C36H39FIN3O6/c1-40(35(43)36(13-14-36)34(42)39-26-9-7-25(38)8-10-26)27-11-12-31(29(37)22-27)47-30-6-3-5-24-21-33(32(44-2)23-28(24)30)46-18-4-15-41-16-19-45-20-17-41/h3,5-12,21,23,29H,4,13-20,22H2,1-2H3,(H,39,42). The highest BCUT2D eigenvalue weighted by atomic mass is 127. The molecule has 1 saturated carbocycles. The first-order valence-corrected chi connectivity index (χ1v) is 17.0. The van der Waals surface area contributed by atoms with Gasteiger partial charge in [0.15, 0.2) is 17.7 Å². The molecule has 11 heteroatoms. The van der Waals surface area contributed by atoms with Crippen LogP contribution in [0.3, 0.4) is 0 Å². The Bertz CT molecular complexity index is 1680. The molecule has 9 nitrogen and oxygen atoms in total. The Labute approximate surface area is 287 Å². The lowest BCUT2D eigenvalue weighted by molar-refractivity contribution is -0.140. The highest BCUT2D eigenvalue weighted by Gasteiger charge is 2.58. The van der Waals surface area contributed by atoms with Gasteiger partial charge >= 0.3 is 0 Å². The molecule has 2 fully saturated rings. The van der Waals surface area contributed by atoms with Gasteiger partial charge in [-0.05, 0) is 102 Å². The van der Waals surface area contributed by atoms with Gasteiger partial charge in [0.2, 0.25) is 11.8 Å². The van der Waals surface area contributed by atoms with Crippen LogP contribution in [0.2, 0.25) is 0 Å². The molecular weight excluding hydrogens is 716 g/mol. The first-order valence-electron chi connectivity index (χ1n) is 15.9. The molecule has 3 aliphatic rings. The molecule has 248 valence electrons. The minimum atomic E-state index is -1.48. The van der Waals surface area contributed by atoms with Crippen molar-refractivity contribution in [2.75, 3.05) is 58.9 Å². The van der Waals surface area contributed by atoms with Crippen LogP contribution >= 0.6 is 22.6 Å². The minimum Gasteiger partial charge on any atom is -0.493 e. The normalized spacial score (nSPS) is 18.9. The van der Waals surface area contributed by atoms with E-state index < -0.39 is 11.6 Å². The molecule has 2 amide bonds. The number of rotatable bonds is 12. The van der Waals surface area contributed by atoms with Gasteiger partial charge in [-0.1, -0.05) is 12.1 Å². The monoisotopic (exact) mass is 755 g/mol. The molecule has 1 N–H and O–H groups in total. The number of allylic oxidation sites excluding steroid dienone is 4. The SMILES string of the molecule is COc1cc2c(OC3=CC=C(N(C)C(=O)C4(C(=O)Nc5ccc(I)cc5)CC4)CC3F)cccc2cc1OCCCN1CCOCC1. The number of amides is 2. The zero-order chi connectivity index (χ0) is 33.0. The van der Waals surface area contributed by atoms with Gasteiger partial charge in [0.1, 0.15) is 16.9 Å². The number of benzene rings is 3. The predicted molar refractivity (Wildman–Crippen MR) is 186 cm³/mol. The van der Waals surface area contributed by atoms with Crippen LogP contribution < -0.4 is 19.5 Å². The Balaban J connectivity index is 1.11. The summed E-state index contributed by atoms with van der Waals surface area (Å²) in [5.74, 6) is 1.16. The summed E-state index contributed by atoms with van der Waals surface area (Å²) in [6.45, 7) is 4.93. The van der Waals surface area contributed by atoms with Gasteiger partial charge in [-0.2, -0.15) is 0 Å². The summed E-state index contributed by atoms with van der Waals surface area (Å²) in [5, 5.41) is 4.50. The van der Waals surface area contributed by atoms with Gasteiger partial charge in [0, 0.05) is 53.4 Å². The van der Waals surface area contributed by atoms with Crippen LogP contribution in [0, 0.1) is 8.99 Å². The highest BCUT2D eigenvalue weighted by Crippen LogP contribution is 2.49. The number of alkyl halides is 1. The fourth-order valence-corrected chi connectivity index (χ4v) is 6.28. The fourth-order valence-electron chi connectivity index (χ4n) is 5.92. The molecule has 0 radical (unpaired) electrons. The summed E-state index contributed by atoms with van der Waals surface area (Å²) in [6, 6.07) is 16.7. The number of morpholine rings is 1. The average Bonchev–Trinajstić information content (AvgIpc) is 3.90. The zero-order valence-electron chi connectivity index (χ0n) is 26.6. The van der Waals surface area contributed by atoms with Gasteiger partial charge < -0.3 is 29.2 Å². The fraction of sp³-hybridized carbons (Fsp3) is 0.389. The molecule has 2 aliphatic carbocycles. The van der Waals surface area contributed by atoms with Crippen molar-refractivity contribution in [3.05, 3.63) is 81.8 Å². The number of hydrogen-bond donors (Lipinski definition) is 1. The van der Waals surface area contributed by atoms with E-state index in [1.54, 1.807) is 44.5 Å². The third kappa shape index (κ3) is 7.57. The van der Waals surface area contributed by atoms with Crippen LogP contribution in [0.5, 0.6) is 17.2 Å². The van der Waals surface area contributed by atoms with Crippen LogP contribution in [0.1, 0.15) is 25.7 Å². The lowest BCUT2D eigenvalue weighted by atomic mass is 10.0. The number of carbonyl (C=O) groups is 2. The van der Waals surface area contributed by atoms with Crippen LogP contribution in [0.4, 0.5) is 10.1 Å². The molecule has 0 bridgehead atoms. The molecule has 1 saturated heterocycles. The van der Waals surface area contributed by atoms with Gasteiger partial charge in [-0.25, -0.2) is 4.39 Å². The molecule has 47 heavy (non-hydrogen) atoms. The summed E-state index contributed by atoms with van der Waals surface area (Å²) in [7, 11) is 3.19. The van der Waals surface area contributed by atoms with E-state index in [-0.39, 0.29) is 24.0 Å². The van der Waals surface area contributed by atoms with E-state index in [1.807, 2.05) is 36.4 Å². The van der Waals surface area contributed by atoms with Crippen LogP contribution in [-0.2, 0) is 14.3 Å². The van der Waals surface area contributed by atoms with Crippen molar-refractivity contribution in [1.82, 2.24) is 9.80 Å². The largest absolute Gasteiger partial charge is 0.493 e. The number of nitrogens with zero attached hydrogens (tertiary/aromatic N) is 2. The summed E-state index contributed by atoms with van der Waals surface area (Å²) < 4.78 is 39.9. The second-order valence-electron chi connectivity index (χ2n) is 12.0. The van der Waals surface area contributed by atoms with Gasteiger partial charge in [-0.3, -0.25) is 14.5 Å². The third-order valence-corrected chi connectivity index (χ3v) is 9.62. The molecule has 3 aromatic carbocycles. The molecule has 1 unspecified atom stereocenters. The molecule has 0 aromatic heterocycles. The van der Waals surface area contributed by atoms with Gasteiger partial charge in [0.25, 0.3) is 0 Å². The van der Waals surface area contributed by atoms with Crippen molar-refractivity contribution in [3.8, 4) is 17.2 Å². The number of nitrogens with one attached hydrogen (secondary N) is 1. The maximum atomic E-state index is 15.6. The summed E-state index contributed by atoms with van der Waals surface area (Å²) in [4.78, 5) is 30.4. The van der Waals surface area contributed by atoms with E-state index in [4.69, 9.17) is 18.9 Å². The molecule has 6 rings (SSSR count). The van der Waals surface area contributed by atoms with Crippen LogP contribution in [0.25, 0.3) is 10.8 Å². The molecule has 1 heterocycles. The number of hydrogen-bond acceptors (Lipinski definition) is 7. The number of halogens is 2. The quantitative estimate of drug-likeness (QED) is 0.132. The van der Waals surface area contributed by atoms with Crippen molar-refractivity contribution in [2.24, 2.45) is 5.41 Å². The number of ether oxygens (including phenoxy) is 4. The van der Waals surface area contributed by atoms with Crippen LogP contribution in [-0.4, -0.2) is 81.4 Å². The smallest absolute Gasteiger partial charge is 0.242 e. The van der Waals surface area contributed by atoms with Crippen molar-refractivity contribution in [1.29, 1.82) is 0 Å². The van der Waals surface area contributed by atoms with E-state index in [0.29, 0.717) is 48.1 Å². The van der Waals surface area contributed by atoms with Crippen LogP contribution in [0.15, 0.2) is 78.2 Å². The Morgan fingerprint density at radius 3 is 2.53 bits per heavy atom. The molecule has 3 aromatic rings. The topological polar surface area (TPSA) is 89.6 Å². The minimum absolute atomic E-state index is 0.0561. The molecular formula is C36H39FIN3O6. The number of carbonyl (C=O) groups excluding carboxylic acids is 2. The molecule has 1 aliphatic heterocycles. The summed E-state index contributed by atoms with van der Waals surface area (Å²) in [6.07, 6.45) is 3.50. The number of methoxy groups -OCH3 is 1. The Morgan fingerprint density at radius 1 is 1.06 bits per heavy atom. The number of fused-ring (bicyclic) bond motifs is 1. The lowest BCUT2D eigenvalue weighted by Gasteiger charge is -2.28. The van der Waals surface area contributed by atoms with Gasteiger partial charge in [0.05, 0.1) is 26.9 Å². The van der Waals surface area contributed by atoms with E-state index >= 15 is 4.39 Å². The first-order chi connectivity index (χ1) is 22.8. The lowest BCUT2D eigenvalue weighted by Crippen LogP contribution is -2.41. The molecule has 1 atom stereocenters. The maximum absolute atomic E-state index is 15.6. The third-order valence-electron chi connectivity index (χ3n) is 8.90. The summed E-state index contributed by atoms with van der Waals surface area (Å²) in [5.41, 5.74) is -0.0203. The maximum Gasteiger partial charge on any atom is 0.242 e. The Morgan fingerprint density at radius 2 is 1.83 bits per heavy atom. The first kappa shape index (κ1) is 33.2. The highest BCUT2D eigenvalue weighted by molar-refractivity contribution is 14.1. The van der Waals surface area contributed by atoms with Crippen molar-refractivity contribution >= 4 is 50.9 Å². The predicted octanol–water partition coefficient (Wildman–Crippen LogP) is 6.32. The van der Waals surface area contributed by atoms with Gasteiger partial charge in [-0.15, -0.1) is 0 Å². The van der Waals surface area contributed by atoms with E-state index in [1.165, 1.54) is 4.90 Å². The van der Waals surface area contributed by atoms with E-state index in [2.05, 4.69) is 32.8 Å². The van der Waals surface area contributed by atoms with Crippen molar-refractivity contribution in [2.45, 2.75) is 31.9 Å². The zero-order valence-corrected chi connectivity index (χ0v) is 28.8. The van der Waals surface area contributed by atoms with Crippen molar-refractivity contribution in [3.63, 3.8) is 0 Å². The Hall–Kier alpha value is -3.68. The number of anilines is 1. The van der Waals surface area contributed by atoms with Crippen molar-refractivity contribution < 1.29 is 32.9 Å². The molecule has 0 spiro atoms. The summed E-state index contributed by atoms with van der Waals surface area (Å²) >= 11 is 2.19. The second-order valence-corrected chi connectivity index (χ2v) is 13.3. The van der Waals surface area contributed by atoms with E-state index in [9.17, 15) is 9.59 Å². The Kier molecular flexibility index (Phi) is 10.3. The van der Waals surface area contributed by atoms with E-state index in [0.717, 1.165) is 53.6 Å². The second kappa shape index (κ2) is 14.6. The average molecular weight is 756 g/mol.